The Morgan fingerprint density at radius 1 is 1.33 bits per heavy atom. The highest BCUT2D eigenvalue weighted by molar-refractivity contribution is 8.00. The van der Waals surface area contributed by atoms with E-state index in [-0.39, 0.29) is 5.91 Å². The minimum atomic E-state index is -0.271. The molecular formula is C16H23N3OS. The molecule has 2 heterocycles. The number of para-hydroxylation sites is 1. The summed E-state index contributed by atoms with van der Waals surface area (Å²) >= 11 is 1.51. The summed E-state index contributed by atoms with van der Waals surface area (Å²) in [6.45, 7) is 0. The van der Waals surface area contributed by atoms with Gasteiger partial charge in [-0.15, -0.1) is 11.8 Å². The lowest BCUT2D eigenvalue weighted by Crippen LogP contribution is -2.44. The first-order valence-electron chi connectivity index (χ1n) is 7.62. The van der Waals surface area contributed by atoms with E-state index in [2.05, 4.69) is 29.4 Å². The predicted molar refractivity (Wildman–Crippen MR) is 87.6 cm³/mol. The number of carbonyl (C=O) groups is 1. The summed E-state index contributed by atoms with van der Waals surface area (Å²) in [5.74, 6) is 0.0595. The predicted octanol–water partition coefficient (Wildman–Crippen LogP) is 2.30. The molecule has 4 nitrogen and oxygen atoms in total. The molecule has 3 N–H and O–H groups in total. The summed E-state index contributed by atoms with van der Waals surface area (Å²) in [4.78, 5) is 14.6. The monoisotopic (exact) mass is 305 g/mol. The number of anilines is 1. The number of nitrogens with zero attached hydrogens (tertiary/aromatic N) is 1. The van der Waals surface area contributed by atoms with E-state index in [1.807, 2.05) is 12.1 Å². The fraction of sp³-hybridized carbons (Fsp3) is 0.562. The van der Waals surface area contributed by atoms with Gasteiger partial charge < -0.3 is 16.0 Å². The number of nitrogens with two attached hydrogens (primary N) is 1. The van der Waals surface area contributed by atoms with Crippen LogP contribution < -0.4 is 11.1 Å². The molecule has 1 aromatic rings. The number of benzene rings is 1. The van der Waals surface area contributed by atoms with Gasteiger partial charge in [-0.1, -0.05) is 12.1 Å². The number of primary amides is 1. The van der Waals surface area contributed by atoms with E-state index in [0.717, 1.165) is 22.7 Å². The number of piperidine rings is 1. The van der Waals surface area contributed by atoms with E-state index < -0.39 is 0 Å². The minimum Gasteiger partial charge on any atom is -0.381 e. The number of hydrogen-bond donors (Lipinski definition) is 2. The standard InChI is InChI=1S/C16H23N3OS/c1-19-12-6-7-13(19)9-11(8-12)18-14-4-2-3-5-15(14)21-10-16(17)20/h2-5,11-13,18H,6-10H2,1H3,(H2,17,20). The molecule has 0 spiro atoms. The highest BCUT2D eigenvalue weighted by Crippen LogP contribution is 2.36. The second-order valence-corrected chi connectivity index (χ2v) is 7.13. The van der Waals surface area contributed by atoms with Crippen LogP contribution in [0.5, 0.6) is 0 Å². The van der Waals surface area contributed by atoms with E-state index in [1.54, 1.807) is 0 Å². The van der Waals surface area contributed by atoms with Crippen LogP contribution in [0.25, 0.3) is 0 Å². The molecule has 0 saturated carbocycles. The van der Waals surface area contributed by atoms with Crippen LogP contribution in [0.4, 0.5) is 5.69 Å². The fourth-order valence-corrected chi connectivity index (χ4v) is 4.36. The van der Waals surface area contributed by atoms with Crippen LogP contribution in [0, 0.1) is 0 Å². The van der Waals surface area contributed by atoms with Crippen LogP contribution in [0.3, 0.4) is 0 Å². The lowest BCUT2D eigenvalue weighted by atomic mass is 9.98. The number of rotatable bonds is 5. The summed E-state index contributed by atoms with van der Waals surface area (Å²) in [7, 11) is 2.26. The molecule has 2 saturated heterocycles. The molecule has 1 amide bonds. The Hall–Kier alpha value is -1.20. The van der Waals surface area contributed by atoms with Crippen LogP contribution in [-0.2, 0) is 4.79 Å². The van der Waals surface area contributed by atoms with Gasteiger partial charge in [0.2, 0.25) is 5.91 Å². The zero-order valence-corrected chi connectivity index (χ0v) is 13.2. The maximum absolute atomic E-state index is 11.0. The molecule has 2 aliphatic heterocycles. The topological polar surface area (TPSA) is 58.4 Å². The number of fused-ring (bicyclic) bond motifs is 2. The summed E-state index contributed by atoms with van der Waals surface area (Å²) in [5.41, 5.74) is 6.39. The van der Waals surface area contributed by atoms with E-state index in [0.29, 0.717) is 11.8 Å². The summed E-state index contributed by atoms with van der Waals surface area (Å²) in [5, 5.41) is 3.69. The second kappa shape index (κ2) is 6.28. The number of thioether (sulfide) groups is 1. The molecule has 21 heavy (non-hydrogen) atoms. The Labute approximate surface area is 130 Å². The van der Waals surface area contributed by atoms with Crippen molar-refractivity contribution in [2.45, 2.75) is 48.7 Å². The van der Waals surface area contributed by atoms with Crippen molar-refractivity contribution in [2.75, 3.05) is 18.1 Å². The maximum atomic E-state index is 11.0. The first kappa shape index (κ1) is 14.7. The number of amides is 1. The Bertz CT molecular complexity index is 508. The van der Waals surface area contributed by atoms with Crippen LogP contribution in [0.1, 0.15) is 25.7 Å². The third kappa shape index (κ3) is 3.35. The van der Waals surface area contributed by atoms with E-state index >= 15 is 0 Å². The second-order valence-electron chi connectivity index (χ2n) is 6.11. The Morgan fingerprint density at radius 2 is 2.00 bits per heavy atom. The molecule has 3 rings (SSSR count). The van der Waals surface area contributed by atoms with Crippen molar-refractivity contribution in [3.05, 3.63) is 24.3 Å². The van der Waals surface area contributed by atoms with Gasteiger partial charge in [0.05, 0.1) is 5.75 Å². The van der Waals surface area contributed by atoms with Crippen molar-refractivity contribution in [2.24, 2.45) is 5.73 Å². The molecule has 114 valence electrons. The van der Waals surface area contributed by atoms with Gasteiger partial charge in [-0.2, -0.15) is 0 Å². The molecular weight excluding hydrogens is 282 g/mol. The van der Waals surface area contributed by atoms with E-state index in [9.17, 15) is 4.79 Å². The zero-order chi connectivity index (χ0) is 14.8. The van der Waals surface area contributed by atoms with Gasteiger partial charge >= 0.3 is 0 Å². The molecule has 0 aliphatic carbocycles. The first-order valence-corrected chi connectivity index (χ1v) is 8.60. The van der Waals surface area contributed by atoms with Gasteiger partial charge in [0.1, 0.15) is 0 Å². The lowest BCUT2D eigenvalue weighted by molar-refractivity contribution is -0.115. The highest BCUT2D eigenvalue weighted by Gasteiger charge is 2.38. The number of nitrogens with one attached hydrogen (secondary N) is 1. The maximum Gasteiger partial charge on any atom is 0.227 e. The average molecular weight is 305 g/mol. The molecule has 1 aromatic carbocycles. The normalized spacial score (nSPS) is 28.5. The van der Waals surface area contributed by atoms with Gasteiger partial charge in [0.15, 0.2) is 0 Å². The van der Waals surface area contributed by atoms with Crippen LogP contribution in [-0.4, -0.2) is 41.7 Å². The Balaban J connectivity index is 1.66. The number of carbonyl (C=O) groups excluding carboxylic acids is 1. The van der Waals surface area contributed by atoms with E-state index in [1.165, 1.54) is 37.4 Å². The van der Waals surface area contributed by atoms with Gasteiger partial charge in [-0.3, -0.25) is 4.79 Å². The SMILES string of the molecule is CN1C2CCC1CC(Nc1ccccc1SCC(N)=O)C2. The lowest BCUT2D eigenvalue weighted by Gasteiger charge is -2.37. The van der Waals surface area contributed by atoms with Gasteiger partial charge in [-0.05, 0) is 44.9 Å². The van der Waals surface area contributed by atoms with Crippen molar-refractivity contribution in [3.63, 3.8) is 0 Å². The summed E-state index contributed by atoms with van der Waals surface area (Å²) < 4.78 is 0. The Morgan fingerprint density at radius 3 is 2.67 bits per heavy atom. The molecule has 2 aliphatic rings. The minimum absolute atomic E-state index is 0.271. The van der Waals surface area contributed by atoms with Crippen molar-refractivity contribution >= 4 is 23.4 Å². The highest BCUT2D eigenvalue weighted by atomic mass is 32.2. The van der Waals surface area contributed by atoms with Crippen LogP contribution >= 0.6 is 11.8 Å². The molecule has 2 unspecified atom stereocenters. The third-order valence-electron chi connectivity index (χ3n) is 4.71. The van der Waals surface area contributed by atoms with Gasteiger partial charge in [-0.25, -0.2) is 0 Å². The zero-order valence-electron chi connectivity index (χ0n) is 12.4. The van der Waals surface area contributed by atoms with Crippen LogP contribution in [0.2, 0.25) is 0 Å². The molecule has 2 atom stereocenters. The van der Waals surface area contributed by atoms with Crippen LogP contribution in [0.15, 0.2) is 29.2 Å². The fourth-order valence-electron chi connectivity index (χ4n) is 3.61. The van der Waals surface area contributed by atoms with E-state index in [4.69, 9.17) is 5.73 Å². The van der Waals surface area contributed by atoms with Gasteiger partial charge in [0, 0.05) is 28.7 Å². The molecule has 2 fully saturated rings. The van der Waals surface area contributed by atoms with Crippen molar-refractivity contribution in [1.29, 1.82) is 0 Å². The quantitative estimate of drug-likeness (QED) is 0.820. The third-order valence-corrected chi connectivity index (χ3v) is 5.81. The number of hydrogen-bond acceptors (Lipinski definition) is 4. The smallest absolute Gasteiger partial charge is 0.227 e. The molecule has 0 radical (unpaired) electrons. The van der Waals surface area contributed by atoms with Crippen molar-refractivity contribution in [1.82, 2.24) is 4.90 Å². The average Bonchev–Trinajstić information content (AvgIpc) is 2.69. The molecule has 2 bridgehead atoms. The summed E-state index contributed by atoms with van der Waals surface area (Å²) in [6.07, 6.45) is 5.08. The van der Waals surface area contributed by atoms with Gasteiger partial charge in [0.25, 0.3) is 0 Å². The largest absolute Gasteiger partial charge is 0.381 e. The first-order chi connectivity index (χ1) is 10.1. The molecule has 0 aromatic heterocycles. The molecule has 5 heteroatoms. The van der Waals surface area contributed by atoms with Crippen molar-refractivity contribution < 1.29 is 4.79 Å². The van der Waals surface area contributed by atoms with Crippen molar-refractivity contribution in [3.8, 4) is 0 Å². The summed E-state index contributed by atoms with van der Waals surface area (Å²) in [6, 6.07) is 10.2. The Kier molecular flexibility index (Phi) is 4.40.